The highest BCUT2D eigenvalue weighted by Gasteiger charge is 2.32. The van der Waals surface area contributed by atoms with E-state index in [0.717, 1.165) is 24.8 Å². The summed E-state index contributed by atoms with van der Waals surface area (Å²) in [7, 11) is 0. The van der Waals surface area contributed by atoms with E-state index in [9.17, 15) is 9.59 Å². The van der Waals surface area contributed by atoms with Crippen LogP contribution in [0.5, 0.6) is 0 Å². The minimum absolute atomic E-state index is 0.0704. The van der Waals surface area contributed by atoms with E-state index < -0.39 is 12.1 Å². The Bertz CT molecular complexity index is 490. The lowest BCUT2D eigenvalue weighted by atomic mass is 10.0. The largest absolute Gasteiger partial charge is 0.445 e. The average Bonchev–Trinajstić information content (AvgIpc) is 2.55. The van der Waals surface area contributed by atoms with E-state index in [0.29, 0.717) is 19.5 Å². The van der Waals surface area contributed by atoms with Crippen LogP contribution in [-0.4, -0.2) is 36.0 Å². The molecule has 0 unspecified atom stereocenters. The standard InChI is InChI=1S/C17H24N2O3/c1-2-3-12-19(15-10-7-11-18-16(15)20)17(21)22-13-14-8-5-4-6-9-14/h4-6,8-9,15H,2-3,7,10-13H2,1H3,(H,18,20)/t15-/m0/s1. The van der Waals surface area contributed by atoms with Crippen LogP contribution in [0.1, 0.15) is 38.2 Å². The molecule has 1 atom stereocenters. The van der Waals surface area contributed by atoms with E-state index in [1.54, 1.807) is 4.90 Å². The molecule has 1 heterocycles. The molecule has 120 valence electrons. The van der Waals surface area contributed by atoms with Gasteiger partial charge in [-0.15, -0.1) is 0 Å². The van der Waals surface area contributed by atoms with Crippen LogP contribution in [0.2, 0.25) is 0 Å². The lowest BCUT2D eigenvalue weighted by molar-refractivity contribution is -0.127. The van der Waals surface area contributed by atoms with E-state index in [-0.39, 0.29) is 12.5 Å². The number of benzene rings is 1. The maximum atomic E-state index is 12.4. The van der Waals surface area contributed by atoms with Crippen LogP contribution < -0.4 is 5.32 Å². The monoisotopic (exact) mass is 304 g/mol. The average molecular weight is 304 g/mol. The normalized spacial score (nSPS) is 17.7. The Kier molecular flexibility index (Phi) is 6.25. The Balaban J connectivity index is 1.97. The van der Waals surface area contributed by atoms with Crippen molar-refractivity contribution in [2.24, 2.45) is 0 Å². The number of ether oxygens (including phenoxy) is 1. The number of hydrogen-bond donors (Lipinski definition) is 1. The van der Waals surface area contributed by atoms with Gasteiger partial charge in [0, 0.05) is 13.1 Å². The summed E-state index contributed by atoms with van der Waals surface area (Å²) in [6, 6.07) is 9.17. The first-order valence-corrected chi connectivity index (χ1v) is 7.97. The topological polar surface area (TPSA) is 58.6 Å². The second-order valence-electron chi connectivity index (χ2n) is 5.54. The Labute approximate surface area is 131 Å². The van der Waals surface area contributed by atoms with Crippen LogP contribution in [0.25, 0.3) is 0 Å². The molecule has 1 N–H and O–H groups in total. The molecule has 1 aromatic rings. The quantitative estimate of drug-likeness (QED) is 0.879. The summed E-state index contributed by atoms with van der Waals surface area (Å²) in [6.45, 7) is 3.54. The van der Waals surface area contributed by atoms with E-state index >= 15 is 0 Å². The van der Waals surface area contributed by atoms with Gasteiger partial charge in [0.1, 0.15) is 12.6 Å². The Morgan fingerprint density at radius 3 is 2.82 bits per heavy atom. The second-order valence-corrected chi connectivity index (χ2v) is 5.54. The molecule has 0 spiro atoms. The first kappa shape index (κ1) is 16.3. The van der Waals surface area contributed by atoms with Crippen LogP contribution in [0.3, 0.4) is 0 Å². The number of hydrogen-bond acceptors (Lipinski definition) is 3. The molecule has 0 radical (unpaired) electrons. The van der Waals surface area contributed by atoms with Crippen LogP contribution in [-0.2, 0) is 16.1 Å². The summed E-state index contributed by atoms with van der Waals surface area (Å²) in [6.07, 6.45) is 3.03. The maximum Gasteiger partial charge on any atom is 0.410 e. The van der Waals surface area contributed by atoms with Crippen molar-refractivity contribution in [1.29, 1.82) is 0 Å². The zero-order valence-electron chi connectivity index (χ0n) is 13.1. The van der Waals surface area contributed by atoms with Crippen LogP contribution in [0, 0.1) is 0 Å². The summed E-state index contributed by atoms with van der Waals surface area (Å²) in [5, 5.41) is 2.83. The van der Waals surface area contributed by atoms with Crippen molar-refractivity contribution >= 4 is 12.0 Å². The molecular weight excluding hydrogens is 280 g/mol. The smallest absolute Gasteiger partial charge is 0.410 e. The van der Waals surface area contributed by atoms with Gasteiger partial charge in [0.25, 0.3) is 0 Å². The summed E-state index contributed by atoms with van der Waals surface area (Å²) in [4.78, 5) is 26.0. The van der Waals surface area contributed by atoms with Gasteiger partial charge in [0.05, 0.1) is 0 Å². The lowest BCUT2D eigenvalue weighted by Gasteiger charge is -2.32. The summed E-state index contributed by atoms with van der Waals surface area (Å²) >= 11 is 0. The van der Waals surface area contributed by atoms with E-state index in [1.165, 1.54) is 0 Å². The molecule has 0 aromatic heterocycles. The first-order chi connectivity index (χ1) is 10.7. The van der Waals surface area contributed by atoms with Crippen LogP contribution in [0.4, 0.5) is 4.79 Å². The summed E-state index contributed by atoms with van der Waals surface area (Å²) in [5.74, 6) is -0.0704. The molecule has 0 aliphatic carbocycles. The van der Waals surface area contributed by atoms with E-state index in [2.05, 4.69) is 12.2 Å². The maximum absolute atomic E-state index is 12.4. The van der Waals surface area contributed by atoms with Gasteiger partial charge in [-0.2, -0.15) is 0 Å². The molecule has 2 amide bonds. The van der Waals surface area contributed by atoms with Crippen LogP contribution in [0.15, 0.2) is 30.3 Å². The van der Waals surface area contributed by atoms with Crippen molar-refractivity contribution in [1.82, 2.24) is 10.2 Å². The summed E-state index contributed by atoms with van der Waals surface area (Å²) < 4.78 is 5.40. The van der Waals surface area contributed by atoms with Gasteiger partial charge < -0.3 is 10.1 Å². The molecule has 1 saturated heterocycles. The third kappa shape index (κ3) is 4.48. The van der Waals surface area contributed by atoms with Crippen molar-refractivity contribution < 1.29 is 14.3 Å². The number of unbranched alkanes of at least 4 members (excludes halogenated alkanes) is 1. The van der Waals surface area contributed by atoms with Crippen molar-refractivity contribution in [2.75, 3.05) is 13.1 Å². The molecule has 2 rings (SSSR count). The predicted molar refractivity (Wildman–Crippen MR) is 84.3 cm³/mol. The molecule has 5 heteroatoms. The van der Waals surface area contributed by atoms with Crippen molar-refractivity contribution in [2.45, 2.75) is 45.3 Å². The molecule has 1 aliphatic heterocycles. The number of piperidine rings is 1. The Hall–Kier alpha value is -2.04. The Morgan fingerprint density at radius 1 is 1.36 bits per heavy atom. The molecule has 1 fully saturated rings. The van der Waals surface area contributed by atoms with Gasteiger partial charge >= 0.3 is 6.09 Å². The number of amides is 2. The zero-order valence-corrected chi connectivity index (χ0v) is 13.1. The number of carbonyl (C=O) groups is 2. The van der Waals surface area contributed by atoms with Gasteiger partial charge in [0.2, 0.25) is 5.91 Å². The first-order valence-electron chi connectivity index (χ1n) is 7.97. The molecule has 5 nitrogen and oxygen atoms in total. The molecule has 22 heavy (non-hydrogen) atoms. The predicted octanol–water partition coefficient (Wildman–Crippen LogP) is 2.70. The summed E-state index contributed by atoms with van der Waals surface area (Å²) in [5.41, 5.74) is 0.944. The van der Waals surface area contributed by atoms with E-state index in [4.69, 9.17) is 4.74 Å². The highest BCUT2D eigenvalue weighted by Crippen LogP contribution is 2.15. The molecular formula is C17H24N2O3. The number of nitrogens with zero attached hydrogens (tertiary/aromatic N) is 1. The van der Waals surface area contributed by atoms with Crippen molar-refractivity contribution in [3.8, 4) is 0 Å². The highest BCUT2D eigenvalue weighted by molar-refractivity contribution is 5.86. The van der Waals surface area contributed by atoms with Gasteiger partial charge in [-0.25, -0.2) is 4.79 Å². The second kappa shape index (κ2) is 8.41. The molecule has 1 aliphatic rings. The van der Waals surface area contributed by atoms with Crippen LogP contribution >= 0.6 is 0 Å². The van der Waals surface area contributed by atoms with Gasteiger partial charge in [0.15, 0.2) is 0 Å². The number of rotatable bonds is 6. The number of nitrogens with one attached hydrogen (secondary N) is 1. The third-order valence-electron chi connectivity index (χ3n) is 3.82. The Morgan fingerprint density at radius 2 is 2.14 bits per heavy atom. The minimum atomic E-state index is -0.403. The minimum Gasteiger partial charge on any atom is -0.445 e. The lowest BCUT2D eigenvalue weighted by Crippen LogP contribution is -2.53. The fraction of sp³-hybridized carbons (Fsp3) is 0.529. The van der Waals surface area contributed by atoms with Gasteiger partial charge in [-0.05, 0) is 24.8 Å². The van der Waals surface area contributed by atoms with Gasteiger partial charge in [-0.3, -0.25) is 9.69 Å². The fourth-order valence-corrected chi connectivity index (χ4v) is 2.56. The molecule has 1 aromatic carbocycles. The SMILES string of the molecule is CCCCN(C(=O)OCc1ccccc1)[C@H]1CCCNC1=O. The zero-order chi connectivity index (χ0) is 15.8. The highest BCUT2D eigenvalue weighted by atomic mass is 16.6. The fourth-order valence-electron chi connectivity index (χ4n) is 2.56. The van der Waals surface area contributed by atoms with Crippen molar-refractivity contribution in [3.63, 3.8) is 0 Å². The van der Waals surface area contributed by atoms with Gasteiger partial charge in [-0.1, -0.05) is 43.7 Å². The third-order valence-corrected chi connectivity index (χ3v) is 3.82. The molecule has 0 saturated carbocycles. The van der Waals surface area contributed by atoms with Crippen molar-refractivity contribution in [3.05, 3.63) is 35.9 Å². The number of carbonyl (C=O) groups excluding carboxylic acids is 2. The van der Waals surface area contributed by atoms with E-state index in [1.807, 2.05) is 30.3 Å². The molecule has 0 bridgehead atoms.